The Morgan fingerprint density at radius 3 is 1.77 bits per heavy atom. The van der Waals surface area contributed by atoms with Gasteiger partial charge in [0.25, 0.3) is 0 Å². The second kappa shape index (κ2) is 5.53. The van der Waals surface area contributed by atoms with Crippen LogP contribution in [0.25, 0.3) is 0 Å². The van der Waals surface area contributed by atoms with Gasteiger partial charge in [-0.25, -0.2) is 0 Å². The van der Waals surface area contributed by atoms with Crippen LogP contribution in [0, 0.1) is 5.41 Å². The van der Waals surface area contributed by atoms with Crippen LogP contribution in [0.4, 0.5) is 0 Å². The van der Waals surface area contributed by atoms with Gasteiger partial charge in [0, 0.05) is 5.41 Å². The molecule has 1 N–H and O–H groups in total. The van der Waals surface area contributed by atoms with Gasteiger partial charge in [-0.2, -0.15) is 0 Å². The smallest absolute Gasteiger partial charge is 0.126 e. The Kier molecular flexibility index (Phi) is 3.84. The van der Waals surface area contributed by atoms with Gasteiger partial charge in [0.2, 0.25) is 0 Å². The molecule has 2 aromatic carbocycles. The summed E-state index contributed by atoms with van der Waals surface area (Å²) in [7, 11) is 0. The first-order valence-electron chi connectivity index (χ1n) is 8.01. The Balaban J connectivity index is 2.12. The highest BCUT2D eigenvalue weighted by atomic mass is 16.6. The van der Waals surface area contributed by atoms with Gasteiger partial charge in [-0.15, -0.1) is 0 Å². The number of benzene rings is 2. The zero-order valence-electron chi connectivity index (χ0n) is 13.5. The van der Waals surface area contributed by atoms with Crippen LogP contribution >= 0.6 is 0 Å². The van der Waals surface area contributed by atoms with Crippen LogP contribution in [0.3, 0.4) is 0 Å². The molecule has 0 radical (unpaired) electrons. The van der Waals surface area contributed by atoms with Gasteiger partial charge in [0.15, 0.2) is 0 Å². The van der Waals surface area contributed by atoms with E-state index in [0.717, 1.165) is 11.1 Å². The van der Waals surface area contributed by atoms with Crippen LogP contribution in [0.5, 0.6) is 0 Å². The maximum atomic E-state index is 10.3. The Hall–Kier alpha value is -1.64. The van der Waals surface area contributed by atoms with Crippen LogP contribution < -0.4 is 0 Å². The number of aliphatic hydroxyl groups excluding tert-OH is 1. The lowest BCUT2D eigenvalue weighted by atomic mass is 9.58. The van der Waals surface area contributed by atoms with Crippen molar-refractivity contribution in [3.05, 3.63) is 71.8 Å². The topological polar surface area (TPSA) is 29.5 Å². The molecule has 0 aromatic heterocycles. The van der Waals surface area contributed by atoms with E-state index in [2.05, 4.69) is 38.1 Å². The predicted molar refractivity (Wildman–Crippen MR) is 88.6 cm³/mol. The molecule has 0 amide bonds. The molecule has 1 heterocycles. The maximum absolute atomic E-state index is 10.3. The Morgan fingerprint density at radius 2 is 1.41 bits per heavy atom. The highest BCUT2D eigenvalue weighted by Crippen LogP contribution is 2.60. The summed E-state index contributed by atoms with van der Waals surface area (Å²) < 4.78 is 6.42. The predicted octanol–water partition coefficient (Wildman–Crippen LogP) is 4.13. The highest BCUT2D eigenvalue weighted by Gasteiger charge is 2.64. The second-order valence-electron chi connectivity index (χ2n) is 6.65. The van der Waals surface area contributed by atoms with Crippen molar-refractivity contribution in [2.45, 2.75) is 45.0 Å². The fraction of sp³-hybridized carbons (Fsp3) is 0.400. The third-order valence-corrected chi connectivity index (χ3v) is 5.05. The van der Waals surface area contributed by atoms with Crippen LogP contribution in [-0.2, 0) is 10.3 Å². The third kappa shape index (κ3) is 2.02. The first-order valence-corrected chi connectivity index (χ1v) is 8.01. The zero-order valence-corrected chi connectivity index (χ0v) is 13.5. The van der Waals surface area contributed by atoms with Crippen molar-refractivity contribution in [1.82, 2.24) is 0 Å². The fourth-order valence-corrected chi connectivity index (χ4v) is 3.80. The summed E-state index contributed by atoms with van der Waals surface area (Å²) in [5, 5.41) is 10.3. The molecule has 2 aromatic rings. The molecule has 1 fully saturated rings. The number of ether oxygens (including phenoxy) is 1. The van der Waals surface area contributed by atoms with Crippen LogP contribution in [0.15, 0.2) is 60.7 Å². The normalized spacial score (nSPS) is 23.5. The minimum Gasteiger partial charge on any atom is -0.390 e. The van der Waals surface area contributed by atoms with Crippen LogP contribution in [0.2, 0.25) is 0 Å². The van der Waals surface area contributed by atoms with Crippen molar-refractivity contribution in [2.75, 3.05) is 0 Å². The van der Waals surface area contributed by atoms with Crippen molar-refractivity contribution in [1.29, 1.82) is 0 Å². The van der Waals surface area contributed by atoms with Gasteiger partial charge >= 0.3 is 0 Å². The summed E-state index contributed by atoms with van der Waals surface area (Å²) in [5.41, 5.74) is 1.60. The average Bonchev–Trinajstić information content (AvgIpc) is 2.56. The largest absolute Gasteiger partial charge is 0.390 e. The van der Waals surface area contributed by atoms with Crippen molar-refractivity contribution < 1.29 is 9.84 Å². The van der Waals surface area contributed by atoms with E-state index in [9.17, 15) is 5.11 Å². The molecule has 2 nitrogen and oxygen atoms in total. The maximum Gasteiger partial charge on any atom is 0.126 e. The molecule has 0 bridgehead atoms. The summed E-state index contributed by atoms with van der Waals surface area (Å²) >= 11 is 0. The third-order valence-electron chi connectivity index (χ3n) is 5.05. The van der Waals surface area contributed by atoms with E-state index in [0.29, 0.717) is 6.42 Å². The van der Waals surface area contributed by atoms with Gasteiger partial charge in [0.05, 0.1) is 12.2 Å². The lowest BCUT2D eigenvalue weighted by molar-refractivity contribution is -0.320. The number of rotatable bonds is 4. The molecule has 22 heavy (non-hydrogen) atoms. The highest BCUT2D eigenvalue weighted by molar-refractivity contribution is 5.42. The Labute approximate surface area is 132 Å². The molecule has 1 aliphatic heterocycles. The minimum absolute atomic E-state index is 0.155. The SMILES string of the molecule is CC[C@H](O)[C@H]1OC(c2ccccc2)(c2ccccc2)C1(C)C. The zero-order chi connectivity index (χ0) is 15.8. The minimum atomic E-state index is -0.504. The Morgan fingerprint density at radius 1 is 0.955 bits per heavy atom. The first-order chi connectivity index (χ1) is 10.5. The van der Waals surface area contributed by atoms with Crippen LogP contribution in [-0.4, -0.2) is 17.3 Å². The number of hydrogen-bond donors (Lipinski definition) is 1. The van der Waals surface area contributed by atoms with E-state index in [1.165, 1.54) is 0 Å². The van der Waals surface area contributed by atoms with Crippen molar-refractivity contribution in [3.63, 3.8) is 0 Å². The molecule has 2 heteroatoms. The molecule has 116 valence electrons. The lowest BCUT2D eigenvalue weighted by Crippen LogP contribution is -2.68. The van der Waals surface area contributed by atoms with Gasteiger partial charge < -0.3 is 9.84 Å². The summed E-state index contributed by atoms with van der Waals surface area (Å²) in [5.74, 6) is 0. The monoisotopic (exact) mass is 296 g/mol. The van der Waals surface area contributed by atoms with E-state index >= 15 is 0 Å². The van der Waals surface area contributed by atoms with Gasteiger partial charge in [-0.3, -0.25) is 0 Å². The molecule has 0 saturated carbocycles. The van der Waals surface area contributed by atoms with E-state index in [1.54, 1.807) is 0 Å². The van der Waals surface area contributed by atoms with Crippen molar-refractivity contribution in [2.24, 2.45) is 5.41 Å². The summed E-state index contributed by atoms with van der Waals surface area (Å²) in [6, 6.07) is 20.7. The average molecular weight is 296 g/mol. The lowest BCUT2D eigenvalue weighted by Gasteiger charge is -2.63. The van der Waals surface area contributed by atoms with Crippen molar-refractivity contribution in [3.8, 4) is 0 Å². The summed E-state index contributed by atoms with van der Waals surface area (Å²) in [4.78, 5) is 0. The van der Waals surface area contributed by atoms with E-state index < -0.39 is 11.7 Å². The number of aliphatic hydroxyl groups is 1. The fourth-order valence-electron chi connectivity index (χ4n) is 3.80. The molecular formula is C20H24O2. The summed E-state index contributed by atoms with van der Waals surface area (Å²) in [6.07, 6.45) is 0.113. The molecule has 0 spiro atoms. The molecular weight excluding hydrogens is 272 g/mol. The van der Waals surface area contributed by atoms with E-state index in [1.807, 2.05) is 43.3 Å². The molecule has 0 aliphatic carbocycles. The van der Waals surface area contributed by atoms with Gasteiger partial charge in [-0.1, -0.05) is 81.4 Å². The first kappa shape index (κ1) is 15.3. The quantitative estimate of drug-likeness (QED) is 0.919. The number of hydrogen-bond acceptors (Lipinski definition) is 2. The molecule has 1 saturated heterocycles. The standard InChI is InChI=1S/C20H24O2/c1-4-17(21)18-19(2,3)20(22-18,15-11-7-5-8-12-15)16-13-9-6-10-14-16/h5-14,17-18,21H,4H2,1-3H3/t17-,18+/m0/s1. The van der Waals surface area contributed by atoms with Crippen LogP contribution in [0.1, 0.15) is 38.3 Å². The molecule has 1 aliphatic rings. The second-order valence-corrected chi connectivity index (χ2v) is 6.65. The molecule has 0 unspecified atom stereocenters. The molecule has 3 rings (SSSR count). The van der Waals surface area contributed by atoms with Gasteiger partial charge in [-0.05, 0) is 17.5 Å². The van der Waals surface area contributed by atoms with Gasteiger partial charge in [0.1, 0.15) is 5.60 Å². The summed E-state index contributed by atoms with van der Waals surface area (Å²) in [6.45, 7) is 6.38. The van der Waals surface area contributed by atoms with Crippen molar-refractivity contribution >= 4 is 0 Å². The Bertz CT molecular complexity index is 579. The van der Waals surface area contributed by atoms with E-state index in [4.69, 9.17) is 4.74 Å². The molecule has 2 atom stereocenters. The van der Waals surface area contributed by atoms with E-state index in [-0.39, 0.29) is 11.5 Å².